The van der Waals surface area contributed by atoms with Crippen molar-refractivity contribution >= 4 is 17.7 Å². The molecule has 1 N–H and O–H groups in total. The van der Waals surface area contributed by atoms with Crippen molar-refractivity contribution in [3.63, 3.8) is 0 Å². The van der Waals surface area contributed by atoms with E-state index in [2.05, 4.69) is 5.32 Å². The number of halogens is 1. The molecule has 1 saturated carbocycles. The Morgan fingerprint density at radius 1 is 1.15 bits per heavy atom. The van der Waals surface area contributed by atoms with Crippen LogP contribution in [0.4, 0.5) is 4.39 Å². The molecule has 2 aliphatic rings. The SMILES string of the molecule is O=C(CCN1C(=O)[C@H]2CCCC[C@@H]2C1=O)NCCOc1ccccc1F. The maximum Gasteiger partial charge on any atom is 0.233 e. The molecule has 0 bridgehead atoms. The van der Waals surface area contributed by atoms with E-state index in [1.165, 1.54) is 17.0 Å². The fourth-order valence-electron chi connectivity index (χ4n) is 3.67. The number of carbonyl (C=O) groups is 3. The molecule has 1 aromatic rings. The van der Waals surface area contributed by atoms with E-state index in [0.29, 0.717) is 0 Å². The van der Waals surface area contributed by atoms with E-state index in [1.807, 2.05) is 0 Å². The summed E-state index contributed by atoms with van der Waals surface area (Å²) in [5.41, 5.74) is 0. The van der Waals surface area contributed by atoms with Crippen LogP contribution < -0.4 is 10.1 Å². The summed E-state index contributed by atoms with van der Waals surface area (Å²) < 4.78 is 18.6. The van der Waals surface area contributed by atoms with Crippen molar-refractivity contribution < 1.29 is 23.5 Å². The first kappa shape index (κ1) is 18.4. The summed E-state index contributed by atoms with van der Waals surface area (Å²) >= 11 is 0. The van der Waals surface area contributed by atoms with Gasteiger partial charge in [-0.25, -0.2) is 4.39 Å². The number of nitrogens with one attached hydrogen (secondary N) is 1. The zero-order chi connectivity index (χ0) is 18.5. The van der Waals surface area contributed by atoms with Crippen molar-refractivity contribution in [2.24, 2.45) is 11.8 Å². The van der Waals surface area contributed by atoms with Crippen molar-refractivity contribution in [3.05, 3.63) is 30.1 Å². The van der Waals surface area contributed by atoms with Crippen LogP contribution >= 0.6 is 0 Å². The highest BCUT2D eigenvalue weighted by molar-refractivity contribution is 6.05. The van der Waals surface area contributed by atoms with Gasteiger partial charge in [0.25, 0.3) is 0 Å². The van der Waals surface area contributed by atoms with Gasteiger partial charge in [-0.3, -0.25) is 19.3 Å². The van der Waals surface area contributed by atoms with Gasteiger partial charge >= 0.3 is 0 Å². The maximum atomic E-state index is 13.4. The molecule has 26 heavy (non-hydrogen) atoms. The monoisotopic (exact) mass is 362 g/mol. The van der Waals surface area contributed by atoms with Gasteiger partial charge in [-0.2, -0.15) is 0 Å². The van der Waals surface area contributed by atoms with Crippen molar-refractivity contribution in [1.29, 1.82) is 0 Å². The molecule has 2 fully saturated rings. The second-order valence-electron chi connectivity index (χ2n) is 6.70. The number of hydrogen-bond donors (Lipinski definition) is 1. The summed E-state index contributed by atoms with van der Waals surface area (Å²) in [5, 5.41) is 2.65. The Morgan fingerprint density at radius 3 is 2.46 bits per heavy atom. The molecule has 7 heteroatoms. The lowest BCUT2D eigenvalue weighted by molar-refractivity contribution is -0.140. The smallest absolute Gasteiger partial charge is 0.233 e. The molecule has 3 amide bonds. The zero-order valence-corrected chi connectivity index (χ0v) is 14.6. The lowest BCUT2D eigenvalue weighted by Gasteiger charge is -2.19. The van der Waals surface area contributed by atoms with E-state index >= 15 is 0 Å². The standard InChI is InChI=1S/C19H23FN2O4/c20-15-7-3-4-8-16(15)26-12-10-21-17(23)9-11-22-18(24)13-5-1-2-6-14(13)19(22)25/h3-4,7-8,13-14H,1-2,5-6,9-12H2,(H,21,23)/t13-,14-/m0/s1. The molecule has 6 nitrogen and oxygen atoms in total. The number of hydrogen-bond acceptors (Lipinski definition) is 4. The van der Waals surface area contributed by atoms with Crippen LogP contribution in [0.5, 0.6) is 5.75 Å². The van der Waals surface area contributed by atoms with Gasteiger partial charge in [0, 0.05) is 13.0 Å². The number of nitrogens with zero attached hydrogens (tertiary/aromatic N) is 1. The number of likely N-dealkylation sites (tertiary alicyclic amines) is 1. The summed E-state index contributed by atoms with van der Waals surface area (Å²) in [5.74, 6) is -1.21. The quantitative estimate of drug-likeness (QED) is 0.594. The van der Waals surface area contributed by atoms with Crippen molar-refractivity contribution in [2.45, 2.75) is 32.1 Å². The molecule has 3 rings (SSSR count). The molecule has 1 heterocycles. The van der Waals surface area contributed by atoms with Crippen LogP contribution in [0, 0.1) is 17.7 Å². The van der Waals surface area contributed by atoms with Gasteiger partial charge in [0.05, 0.1) is 18.4 Å². The number of fused-ring (bicyclic) bond motifs is 1. The number of carbonyl (C=O) groups excluding carboxylic acids is 3. The molecule has 0 aromatic heterocycles. The zero-order valence-electron chi connectivity index (χ0n) is 14.6. The second-order valence-corrected chi connectivity index (χ2v) is 6.70. The van der Waals surface area contributed by atoms with Crippen LogP contribution in [-0.4, -0.2) is 42.3 Å². The summed E-state index contributed by atoms with van der Waals surface area (Å²) in [6.07, 6.45) is 3.57. The number of rotatable bonds is 7. The van der Waals surface area contributed by atoms with E-state index in [0.717, 1.165) is 25.7 Å². The average Bonchev–Trinajstić information content (AvgIpc) is 2.89. The number of para-hydroxylation sites is 1. The number of amides is 3. The van der Waals surface area contributed by atoms with Crippen LogP contribution in [-0.2, 0) is 14.4 Å². The Hall–Kier alpha value is -2.44. The summed E-state index contributed by atoms with van der Waals surface area (Å²) in [7, 11) is 0. The summed E-state index contributed by atoms with van der Waals surface area (Å²) in [4.78, 5) is 37.8. The normalized spacial score (nSPS) is 22.3. The van der Waals surface area contributed by atoms with E-state index in [-0.39, 0.29) is 61.4 Å². The van der Waals surface area contributed by atoms with Gasteiger partial charge in [-0.05, 0) is 25.0 Å². The van der Waals surface area contributed by atoms with E-state index < -0.39 is 5.82 Å². The molecule has 1 aliphatic carbocycles. The topological polar surface area (TPSA) is 75.7 Å². The number of ether oxygens (including phenoxy) is 1. The fraction of sp³-hybridized carbons (Fsp3) is 0.526. The molecular formula is C19H23FN2O4. The highest BCUT2D eigenvalue weighted by Gasteiger charge is 2.47. The second kappa shape index (κ2) is 8.29. The molecular weight excluding hydrogens is 339 g/mol. The third-order valence-electron chi connectivity index (χ3n) is 5.01. The Kier molecular flexibility index (Phi) is 5.85. The average molecular weight is 362 g/mol. The van der Waals surface area contributed by atoms with Gasteiger partial charge in [0.2, 0.25) is 17.7 Å². The lowest BCUT2D eigenvalue weighted by atomic mass is 9.81. The minimum Gasteiger partial charge on any atom is -0.489 e. The van der Waals surface area contributed by atoms with Crippen LogP contribution in [0.15, 0.2) is 24.3 Å². The molecule has 2 atom stereocenters. The molecule has 0 radical (unpaired) electrons. The van der Waals surface area contributed by atoms with Crippen LogP contribution in [0.1, 0.15) is 32.1 Å². The van der Waals surface area contributed by atoms with Crippen molar-refractivity contribution in [1.82, 2.24) is 10.2 Å². The van der Waals surface area contributed by atoms with Gasteiger partial charge in [-0.1, -0.05) is 25.0 Å². The Morgan fingerprint density at radius 2 is 1.81 bits per heavy atom. The van der Waals surface area contributed by atoms with E-state index in [1.54, 1.807) is 12.1 Å². The first-order chi connectivity index (χ1) is 12.6. The van der Waals surface area contributed by atoms with E-state index in [4.69, 9.17) is 4.74 Å². The highest BCUT2D eigenvalue weighted by Crippen LogP contribution is 2.37. The van der Waals surface area contributed by atoms with Gasteiger partial charge in [-0.15, -0.1) is 0 Å². The summed E-state index contributed by atoms with van der Waals surface area (Å²) in [6.45, 7) is 0.476. The molecule has 1 saturated heterocycles. The minimum absolute atomic E-state index is 0.0661. The van der Waals surface area contributed by atoms with E-state index in [9.17, 15) is 18.8 Å². The summed E-state index contributed by atoms with van der Waals surface area (Å²) in [6, 6.07) is 6.05. The van der Waals surface area contributed by atoms with Crippen LogP contribution in [0.3, 0.4) is 0 Å². The fourth-order valence-corrected chi connectivity index (χ4v) is 3.67. The van der Waals surface area contributed by atoms with Gasteiger partial charge in [0.1, 0.15) is 6.61 Å². The highest BCUT2D eigenvalue weighted by atomic mass is 19.1. The van der Waals surface area contributed by atoms with Crippen LogP contribution in [0.25, 0.3) is 0 Å². The number of benzene rings is 1. The first-order valence-corrected chi connectivity index (χ1v) is 9.07. The third kappa shape index (κ3) is 4.03. The largest absolute Gasteiger partial charge is 0.489 e. The first-order valence-electron chi connectivity index (χ1n) is 9.07. The predicted molar refractivity (Wildman–Crippen MR) is 91.7 cm³/mol. The maximum absolute atomic E-state index is 13.4. The molecule has 0 spiro atoms. The molecule has 1 aliphatic heterocycles. The Bertz CT molecular complexity index is 670. The minimum atomic E-state index is -0.452. The number of imide groups is 1. The third-order valence-corrected chi connectivity index (χ3v) is 5.01. The van der Waals surface area contributed by atoms with Gasteiger partial charge < -0.3 is 10.1 Å². The van der Waals surface area contributed by atoms with Crippen molar-refractivity contribution in [3.8, 4) is 5.75 Å². The van der Waals surface area contributed by atoms with Crippen molar-refractivity contribution in [2.75, 3.05) is 19.7 Å². The van der Waals surface area contributed by atoms with Gasteiger partial charge in [0.15, 0.2) is 11.6 Å². The molecule has 1 aromatic carbocycles. The Labute approximate surface area is 151 Å². The van der Waals surface area contributed by atoms with Crippen LogP contribution in [0.2, 0.25) is 0 Å². The molecule has 0 unspecified atom stereocenters. The molecule has 140 valence electrons. The Balaban J connectivity index is 1.38. The predicted octanol–water partition coefficient (Wildman–Crippen LogP) is 1.89. The lowest BCUT2D eigenvalue weighted by Crippen LogP contribution is -2.36.